The highest BCUT2D eigenvalue weighted by atomic mass is 16.7. The van der Waals surface area contributed by atoms with Gasteiger partial charge in [0.15, 0.2) is 0 Å². The van der Waals surface area contributed by atoms with Gasteiger partial charge in [-0.15, -0.1) is 5.17 Å². The van der Waals surface area contributed by atoms with Crippen LogP contribution in [-0.4, -0.2) is 17.3 Å². The van der Waals surface area contributed by atoms with Gasteiger partial charge in [0.2, 0.25) is 0 Å². The molecule has 0 N–H and O–H groups in total. The minimum Gasteiger partial charge on any atom is -0.262 e. The van der Waals surface area contributed by atoms with Crippen molar-refractivity contribution in [1.29, 1.82) is 0 Å². The minimum atomic E-state index is 0.0465. The van der Waals surface area contributed by atoms with Crippen LogP contribution in [0.3, 0.4) is 0 Å². The van der Waals surface area contributed by atoms with Gasteiger partial charge in [0.05, 0.1) is 12.4 Å². The van der Waals surface area contributed by atoms with E-state index in [0.717, 1.165) is 5.69 Å². The molecule has 1 aromatic heterocycles. The van der Waals surface area contributed by atoms with Crippen molar-refractivity contribution >= 4 is 11.9 Å². The fraction of sp³-hybridized carbons (Fsp3) is 0.250. The topological polar surface area (TPSA) is 37.7 Å². The van der Waals surface area contributed by atoms with Gasteiger partial charge in [-0.25, -0.2) is 4.84 Å². The Balaban J connectivity index is 2.18. The van der Waals surface area contributed by atoms with Crippen molar-refractivity contribution in [2.75, 3.05) is 5.17 Å². The molecular weight excluding hydrogens is 154 g/mol. The summed E-state index contributed by atoms with van der Waals surface area (Å²) in [7, 11) is 0. The van der Waals surface area contributed by atoms with Crippen LogP contribution in [0.2, 0.25) is 0 Å². The summed E-state index contributed by atoms with van der Waals surface area (Å²) in [5.41, 5.74) is 0.845. The minimum absolute atomic E-state index is 0.0465. The van der Waals surface area contributed by atoms with Crippen LogP contribution in [0.15, 0.2) is 29.6 Å². The van der Waals surface area contributed by atoms with E-state index in [1.165, 1.54) is 5.17 Å². The molecule has 0 aromatic carbocycles. The Morgan fingerprint density at radius 3 is 3.08 bits per heavy atom. The lowest BCUT2D eigenvalue weighted by Crippen LogP contribution is -2.15. The van der Waals surface area contributed by atoms with E-state index in [0.29, 0.717) is 0 Å². The second-order valence-corrected chi connectivity index (χ2v) is 2.56. The number of hydrogen-bond acceptors (Lipinski definition) is 4. The van der Waals surface area contributed by atoms with Gasteiger partial charge in [-0.2, -0.15) is 5.10 Å². The van der Waals surface area contributed by atoms with Gasteiger partial charge in [-0.1, -0.05) is 0 Å². The Hall–Kier alpha value is -1.42. The molecule has 1 aromatic rings. The summed E-state index contributed by atoms with van der Waals surface area (Å²) >= 11 is 0. The lowest BCUT2D eigenvalue weighted by molar-refractivity contribution is 0.109. The molecule has 0 aliphatic carbocycles. The van der Waals surface area contributed by atoms with Crippen LogP contribution in [0.4, 0.5) is 5.69 Å². The van der Waals surface area contributed by atoms with Crippen LogP contribution in [0.5, 0.6) is 0 Å². The Kier molecular flexibility index (Phi) is 1.75. The second-order valence-electron chi connectivity index (χ2n) is 2.56. The number of pyridine rings is 1. The molecule has 0 bridgehead atoms. The standard InChI is InChI=1S/C8H9N3O/c1-7-5-10-11(12-7)8-3-2-4-9-6-8/h2-7H,1H3. The van der Waals surface area contributed by atoms with Crippen LogP contribution in [-0.2, 0) is 4.84 Å². The van der Waals surface area contributed by atoms with Crippen LogP contribution >= 0.6 is 0 Å². The van der Waals surface area contributed by atoms with Crippen molar-refractivity contribution in [2.24, 2.45) is 5.10 Å². The third-order valence-electron chi connectivity index (χ3n) is 1.51. The van der Waals surface area contributed by atoms with Gasteiger partial charge in [-0.3, -0.25) is 4.98 Å². The molecule has 0 saturated heterocycles. The normalized spacial score (nSPS) is 21.8. The average molecular weight is 163 g/mol. The highest BCUT2D eigenvalue weighted by Crippen LogP contribution is 2.16. The molecule has 1 aliphatic rings. The second kappa shape index (κ2) is 2.91. The van der Waals surface area contributed by atoms with E-state index in [1.54, 1.807) is 18.6 Å². The van der Waals surface area contributed by atoms with E-state index in [2.05, 4.69) is 10.1 Å². The molecule has 1 unspecified atom stereocenters. The zero-order valence-corrected chi connectivity index (χ0v) is 6.71. The first kappa shape index (κ1) is 7.24. The summed E-state index contributed by atoms with van der Waals surface area (Å²) < 4.78 is 0. The van der Waals surface area contributed by atoms with Gasteiger partial charge >= 0.3 is 0 Å². The van der Waals surface area contributed by atoms with Crippen molar-refractivity contribution in [3.8, 4) is 0 Å². The summed E-state index contributed by atoms with van der Waals surface area (Å²) in [6.07, 6.45) is 5.21. The van der Waals surface area contributed by atoms with E-state index >= 15 is 0 Å². The van der Waals surface area contributed by atoms with Crippen molar-refractivity contribution in [2.45, 2.75) is 13.0 Å². The van der Waals surface area contributed by atoms with Crippen LogP contribution in [0, 0.1) is 0 Å². The summed E-state index contributed by atoms with van der Waals surface area (Å²) in [6, 6.07) is 3.74. The molecule has 0 spiro atoms. The maximum Gasteiger partial charge on any atom is 0.122 e. The lowest BCUT2D eigenvalue weighted by Gasteiger charge is -2.12. The largest absolute Gasteiger partial charge is 0.262 e. The fourth-order valence-corrected chi connectivity index (χ4v) is 0.961. The quantitative estimate of drug-likeness (QED) is 0.624. The molecule has 2 rings (SSSR count). The van der Waals surface area contributed by atoms with Crippen molar-refractivity contribution in [1.82, 2.24) is 4.98 Å². The summed E-state index contributed by atoms with van der Waals surface area (Å²) in [4.78, 5) is 9.28. The zero-order chi connectivity index (χ0) is 8.39. The molecule has 4 nitrogen and oxygen atoms in total. The summed E-state index contributed by atoms with van der Waals surface area (Å²) in [6.45, 7) is 1.93. The van der Waals surface area contributed by atoms with E-state index in [4.69, 9.17) is 4.84 Å². The Morgan fingerprint density at radius 1 is 1.58 bits per heavy atom. The molecule has 2 heterocycles. The summed E-state index contributed by atoms with van der Waals surface area (Å²) in [5, 5.41) is 5.50. The SMILES string of the molecule is CC1C=NN(c2cccnc2)O1. The smallest absolute Gasteiger partial charge is 0.122 e. The van der Waals surface area contributed by atoms with Gasteiger partial charge < -0.3 is 0 Å². The number of anilines is 1. The van der Waals surface area contributed by atoms with Gasteiger partial charge in [-0.05, 0) is 19.1 Å². The number of aromatic nitrogens is 1. The first-order chi connectivity index (χ1) is 5.86. The molecule has 0 radical (unpaired) electrons. The highest BCUT2D eigenvalue weighted by molar-refractivity contribution is 5.66. The van der Waals surface area contributed by atoms with Crippen LogP contribution in [0.1, 0.15) is 6.92 Å². The molecule has 4 heteroatoms. The molecule has 0 fully saturated rings. The van der Waals surface area contributed by atoms with E-state index in [-0.39, 0.29) is 6.10 Å². The van der Waals surface area contributed by atoms with Crippen molar-refractivity contribution < 1.29 is 4.84 Å². The maximum absolute atomic E-state index is 5.32. The molecular formula is C8H9N3O. The average Bonchev–Trinajstić information content (AvgIpc) is 2.54. The number of nitrogens with zero attached hydrogens (tertiary/aromatic N) is 3. The van der Waals surface area contributed by atoms with Gasteiger partial charge in [0.25, 0.3) is 0 Å². The van der Waals surface area contributed by atoms with Crippen LogP contribution < -0.4 is 5.17 Å². The fourth-order valence-electron chi connectivity index (χ4n) is 0.961. The Labute approximate surface area is 70.4 Å². The molecule has 1 aliphatic heterocycles. The number of hydrogen-bond donors (Lipinski definition) is 0. The summed E-state index contributed by atoms with van der Waals surface area (Å²) in [5.74, 6) is 0. The first-order valence-electron chi connectivity index (χ1n) is 3.77. The monoisotopic (exact) mass is 163 g/mol. The third-order valence-corrected chi connectivity index (χ3v) is 1.51. The third kappa shape index (κ3) is 1.29. The predicted octanol–water partition coefficient (Wildman–Crippen LogP) is 1.21. The zero-order valence-electron chi connectivity index (χ0n) is 6.71. The first-order valence-corrected chi connectivity index (χ1v) is 3.77. The maximum atomic E-state index is 5.32. The van der Waals surface area contributed by atoms with Crippen LogP contribution in [0.25, 0.3) is 0 Å². The van der Waals surface area contributed by atoms with E-state index in [1.807, 2.05) is 19.1 Å². The number of rotatable bonds is 1. The molecule has 12 heavy (non-hydrogen) atoms. The molecule has 0 saturated carbocycles. The molecule has 1 atom stereocenters. The Morgan fingerprint density at radius 2 is 2.50 bits per heavy atom. The number of hydrazone groups is 1. The Bertz CT molecular complexity index is 286. The van der Waals surface area contributed by atoms with E-state index in [9.17, 15) is 0 Å². The predicted molar refractivity (Wildman–Crippen MR) is 45.8 cm³/mol. The highest BCUT2D eigenvalue weighted by Gasteiger charge is 2.14. The van der Waals surface area contributed by atoms with Crippen molar-refractivity contribution in [3.63, 3.8) is 0 Å². The lowest BCUT2D eigenvalue weighted by atomic mass is 10.4. The molecule has 0 amide bonds. The van der Waals surface area contributed by atoms with Gasteiger partial charge in [0, 0.05) is 6.20 Å². The van der Waals surface area contributed by atoms with Gasteiger partial charge in [0.1, 0.15) is 11.8 Å². The van der Waals surface area contributed by atoms with Crippen molar-refractivity contribution in [3.05, 3.63) is 24.5 Å². The van der Waals surface area contributed by atoms with E-state index < -0.39 is 0 Å². The molecule has 62 valence electrons.